The fourth-order valence-electron chi connectivity index (χ4n) is 5.88. The molecule has 9 heteroatoms. The number of benzene rings is 6. The number of ketones is 1. The summed E-state index contributed by atoms with van der Waals surface area (Å²) < 4.78 is 11.6. The summed E-state index contributed by atoms with van der Waals surface area (Å²) in [7, 11) is 7.36. The number of hydrogen-bond donors (Lipinski definition) is 1. The lowest BCUT2D eigenvalue weighted by Crippen LogP contribution is -2.02. The molecule has 0 saturated carbocycles. The van der Waals surface area contributed by atoms with E-state index in [1.165, 1.54) is 42.8 Å². The van der Waals surface area contributed by atoms with E-state index >= 15 is 0 Å². The molecule has 6 aromatic carbocycles. The van der Waals surface area contributed by atoms with E-state index in [0.29, 0.717) is 5.56 Å². The fraction of sp³-hybridized carbons (Fsp3) is 0.125. The maximum absolute atomic E-state index is 13.4. The molecule has 290 valence electrons. The number of aryl methyl sites for hydroxylation is 6. The van der Waals surface area contributed by atoms with Gasteiger partial charge in [0.25, 0.3) is 0 Å². The number of carbonyl (C=O) groups excluding carboxylic acids is 1. The van der Waals surface area contributed by atoms with Crippen LogP contribution in [0.4, 0.5) is 0 Å². The van der Waals surface area contributed by atoms with Gasteiger partial charge < -0.3 is 5.11 Å². The van der Waals surface area contributed by atoms with Crippen molar-refractivity contribution in [2.24, 2.45) is 0 Å². The van der Waals surface area contributed by atoms with Gasteiger partial charge in [0.05, 0.1) is 5.56 Å². The molecule has 0 radical (unpaired) electrons. The Kier molecular flexibility index (Phi) is 15.2. The van der Waals surface area contributed by atoms with Crippen molar-refractivity contribution >= 4 is 85.2 Å². The molecular weight excluding hydrogens is 808 g/mol. The summed E-state index contributed by atoms with van der Waals surface area (Å²) in [4.78, 5) is 26.1. The average Bonchev–Trinajstić information content (AvgIpc) is 3.77. The smallest absolute Gasteiger partial charge is 0.335 e. The molecule has 4 nitrogen and oxygen atoms in total. The molecule has 0 amide bonds. The van der Waals surface area contributed by atoms with Crippen LogP contribution in [0.15, 0.2) is 140 Å². The maximum atomic E-state index is 13.4. The van der Waals surface area contributed by atoms with Gasteiger partial charge in [0.2, 0.25) is 9.23 Å². The zero-order valence-electron chi connectivity index (χ0n) is 32.4. The van der Waals surface area contributed by atoms with Crippen molar-refractivity contribution in [2.75, 3.05) is 0 Å². The highest BCUT2D eigenvalue weighted by Crippen LogP contribution is 2.40. The normalized spacial score (nSPS) is 10.5. The van der Waals surface area contributed by atoms with Crippen LogP contribution in [0.2, 0.25) is 0 Å². The molecule has 0 saturated heterocycles. The van der Waals surface area contributed by atoms with Crippen molar-refractivity contribution in [3.63, 3.8) is 0 Å². The predicted molar refractivity (Wildman–Crippen MR) is 246 cm³/mol. The van der Waals surface area contributed by atoms with Crippen LogP contribution < -0.4 is 0 Å². The number of halogens is 2. The van der Waals surface area contributed by atoms with Gasteiger partial charge in [-0.15, -0.1) is 22.7 Å². The highest BCUT2D eigenvalue weighted by Gasteiger charge is 2.21. The Hall–Kier alpha value is -4.89. The Bertz CT molecular complexity index is 2640. The molecule has 0 spiro atoms. The van der Waals surface area contributed by atoms with Gasteiger partial charge in [-0.3, -0.25) is 4.79 Å². The topological polar surface area (TPSA) is 71.4 Å². The lowest BCUT2D eigenvalue weighted by molar-refractivity contribution is 0.0696. The number of hydrogen-bond acceptors (Lipinski definition) is 5. The van der Waals surface area contributed by atoms with E-state index in [1.54, 1.807) is 35.6 Å². The van der Waals surface area contributed by atoms with E-state index in [4.69, 9.17) is 9.32 Å². The molecule has 0 unspecified atom stereocenters. The second-order valence-corrected chi connectivity index (χ2v) is 18.4. The largest absolute Gasteiger partial charge is 0.478 e. The second kappa shape index (κ2) is 20.0. The molecule has 0 aliphatic rings. The number of carboxylic acids is 1. The molecule has 57 heavy (non-hydrogen) atoms. The Morgan fingerprint density at radius 1 is 0.509 bits per heavy atom. The third-order valence-corrected chi connectivity index (χ3v) is 11.4. The van der Waals surface area contributed by atoms with Crippen molar-refractivity contribution in [3.8, 4) is 20.9 Å². The molecular formula is C48H42Cl2O4S3. The van der Waals surface area contributed by atoms with Crippen molar-refractivity contribution in [1.82, 2.24) is 0 Å². The standard InChI is InChI=1S/C24H20OS.C16H14S.C8H8O2.Cl2OS/c1-15-4-9-18(10-5-15)23(25)22-20-13-8-17(3)14-21(20)26-24(22)19-11-6-16(2)7-12-19;1-11-3-6-13(7-4-11)16-10-14-8-5-12(2)9-15(14)17-16;1-6-2-4-7(5-3-6)8(9)10;1-4(2)3/h4-14H,1-3H3;3-10H,1-2H3;2-5H,1H3,(H,9,10);. The van der Waals surface area contributed by atoms with Crippen molar-refractivity contribution in [1.29, 1.82) is 0 Å². The van der Waals surface area contributed by atoms with Crippen LogP contribution >= 0.6 is 44.0 Å². The van der Waals surface area contributed by atoms with Crippen LogP contribution in [0.5, 0.6) is 0 Å². The molecule has 1 N–H and O–H groups in total. The van der Waals surface area contributed by atoms with Crippen molar-refractivity contribution in [2.45, 2.75) is 41.5 Å². The van der Waals surface area contributed by atoms with Crippen LogP contribution in [0, 0.1) is 41.5 Å². The number of thiophene rings is 2. The molecule has 0 aliphatic heterocycles. The molecule has 0 atom stereocenters. The zero-order valence-corrected chi connectivity index (χ0v) is 36.4. The van der Waals surface area contributed by atoms with E-state index in [-0.39, 0.29) is 5.78 Å². The number of aromatic carboxylic acids is 1. The van der Waals surface area contributed by atoms with Crippen molar-refractivity contribution in [3.05, 3.63) is 190 Å². The SMILES string of the molecule is Cc1ccc(-c2cc3ccc(C)cc3s2)cc1.Cc1ccc(C(=O)O)cc1.Cc1ccc(C(=O)c2c(-c3ccc(C)cc3)sc3cc(C)ccc23)cc1.O=S(Cl)Cl. The number of carboxylic acid groups (broad SMARTS) is 1. The van der Waals surface area contributed by atoms with Gasteiger partial charge in [-0.1, -0.05) is 131 Å². The second-order valence-electron chi connectivity index (χ2n) is 13.7. The summed E-state index contributed by atoms with van der Waals surface area (Å²) in [6, 6.07) is 47.0. The van der Waals surface area contributed by atoms with Crippen molar-refractivity contribution < 1.29 is 18.9 Å². The molecule has 8 rings (SSSR count). The van der Waals surface area contributed by atoms with Gasteiger partial charge in [0, 0.05) is 57.0 Å². The number of rotatable bonds is 5. The lowest BCUT2D eigenvalue weighted by atomic mass is 9.96. The first-order valence-corrected chi connectivity index (χ1v) is 22.4. The van der Waals surface area contributed by atoms with E-state index in [0.717, 1.165) is 42.8 Å². The highest BCUT2D eigenvalue weighted by atomic mass is 36.0. The van der Waals surface area contributed by atoms with E-state index in [2.05, 4.69) is 140 Å². The minimum atomic E-state index is -1.67. The lowest BCUT2D eigenvalue weighted by Gasteiger charge is -2.06. The Labute approximate surface area is 353 Å². The summed E-state index contributed by atoms with van der Waals surface area (Å²) in [5.74, 6) is -0.782. The number of fused-ring (bicyclic) bond motifs is 2. The minimum Gasteiger partial charge on any atom is -0.478 e. The fourth-order valence-corrected chi connectivity index (χ4v) is 8.35. The maximum Gasteiger partial charge on any atom is 0.335 e. The van der Waals surface area contributed by atoms with E-state index in [9.17, 15) is 9.59 Å². The Morgan fingerprint density at radius 3 is 1.44 bits per heavy atom. The Morgan fingerprint density at radius 2 is 0.930 bits per heavy atom. The molecule has 0 bridgehead atoms. The summed E-state index contributed by atoms with van der Waals surface area (Å²) in [5, 5.41) is 10.9. The van der Waals surface area contributed by atoms with Gasteiger partial charge in [-0.25, -0.2) is 9.00 Å². The Balaban J connectivity index is 0.000000171. The molecule has 0 aliphatic carbocycles. The highest BCUT2D eigenvalue weighted by molar-refractivity contribution is 8.26. The molecule has 2 heterocycles. The first-order chi connectivity index (χ1) is 27.2. The summed E-state index contributed by atoms with van der Waals surface area (Å²) >= 11 is 3.57. The molecule has 0 fully saturated rings. The molecule has 8 aromatic rings. The van der Waals surface area contributed by atoms with Crippen LogP contribution in [0.25, 0.3) is 41.1 Å². The molecule has 2 aromatic heterocycles. The van der Waals surface area contributed by atoms with Gasteiger partial charge in [-0.05, 0) is 99.5 Å². The summed E-state index contributed by atoms with van der Waals surface area (Å²) in [6.45, 7) is 12.4. The van der Waals surface area contributed by atoms with Gasteiger partial charge in [-0.2, -0.15) is 0 Å². The first kappa shape index (κ1) is 43.2. The van der Waals surface area contributed by atoms with Crippen LogP contribution in [-0.2, 0) is 9.23 Å². The zero-order chi connectivity index (χ0) is 41.2. The van der Waals surface area contributed by atoms with Crippen LogP contribution in [0.1, 0.15) is 59.7 Å². The van der Waals surface area contributed by atoms with Gasteiger partial charge >= 0.3 is 5.97 Å². The minimum absolute atomic E-state index is 0.0932. The average molecular weight is 850 g/mol. The third kappa shape index (κ3) is 12.1. The third-order valence-electron chi connectivity index (χ3n) is 9.01. The first-order valence-electron chi connectivity index (χ1n) is 18.0. The van der Waals surface area contributed by atoms with E-state index in [1.807, 2.05) is 49.4 Å². The number of carbonyl (C=O) groups is 2. The summed E-state index contributed by atoms with van der Waals surface area (Å²) in [5.41, 5.74) is 11.6. The monoisotopic (exact) mass is 848 g/mol. The van der Waals surface area contributed by atoms with Gasteiger partial charge in [0.1, 0.15) is 0 Å². The van der Waals surface area contributed by atoms with Crippen LogP contribution in [-0.4, -0.2) is 21.1 Å². The predicted octanol–water partition coefficient (Wildman–Crippen LogP) is 14.6. The summed E-state index contributed by atoms with van der Waals surface area (Å²) in [6.07, 6.45) is 0. The van der Waals surface area contributed by atoms with Crippen LogP contribution in [0.3, 0.4) is 0 Å². The quantitative estimate of drug-likeness (QED) is 0.138. The van der Waals surface area contributed by atoms with Gasteiger partial charge in [0.15, 0.2) is 5.78 Å². The van der Waals surface area contributed by atoms with E-state index < -0.39 is 15.2 Å².